The van der Waals surface area contributed by atoms with Gasteiger partial charge in [-0.25, -0.2) is 0 Å². The van der Waals surface area contributed by atoms with Gasteiger partial charge in [0.2, 0.25) is 0 Å². The number of aromatic nitrogens is 2. The molecule has 0 aromatic carbocycles. The first-order valence-electron chi connectivity index (χ1n) is 8.06. The predicted molar refractivity (Wildman–Crippen MR) is 86.5 cm³/mol. The SMILES string of the molecule is COC(OC)C1CCN(c2cc(C(C(=O)O)C(C)C)[nH]n2)CC1. The number of rotatable bonds is 7. The standard InChI is InChI=1S/C16H27N3O4/c1-10(2)14(15(20)21)12-9-13(18-17-12)19-7-5-11(6-8-19)16(22-3)23-4/h9-11,14,16H,5-8H2,1-4H3,(H,17,18)(H,20,21). The fourth-order valence-electron chi connectivity index (χ4n) is 3.31. The topological polar surface area (TPSA) is 87.7 Å². The first kappa shape index (κ1) is 17.7. The van der Waals surface area contributed by atoms with Crippen molar-refractivity contribution in [3.05, 3.63) is 11.8 Å². The Morgan fingerprint density at radius 2 is 1.96 bits per heavy atom. The number of nitrogens with one attached hydrogen (secondary N) is 1. The van der Waals surface area contributed by atoms with Crippen molar-refractivity contribution in [1.29, 1.82) is 0 Å². The number of H-pyrrole nitrogens is 1. The Kier molecular flexibility index (Phi) is 6.01. The highest BCUT2D eigenvalue weighted by Gasteiger charge is 2.29. The molecule has 1 aromatic heterocycles. The summed E-state index contributed by atoms with van der Waals surface area (Å²) in [6.45, 7) is 5.52. The van der Waals surface area contributed by atoms with Crippen molar-refractivity contribution < 1.29 is 19.4 Å². The van der Waals surface area contributed by atoms with Gasteiger partial charge in [-0.05, 0) is 18.8 Å². The van der Waals surface area contributed by atoms with Crippen LogP contribution in [0.25, 0.3) is 0 Å². The third kappa shape index (κ3) is 4.03. The molecule has 130 valence electrons. The minimum atomic E-state index is -0.822. The molecule has 1 unspecified atom stereocenters. The van der Waals surface area contributed by atoms with E-state index in [0.717, 1.165) is 31.7 Å². The molecule has 1 aliphatic heterocycles. The van der Waals surface area contributed by atoms with Crippen LogP contribution >= 0.6 is 0 Å². The third-order valence-corrected chi connectivity index (χ3v) is 4.57. The van der Waals surface area contributed by atoms with E-state index in [1.165, 1.54) is 0 Å². The monoisotopic (exact) mass is 325 g/mol. The van der Waals surface area contributed by atoms with E-state index in [2.05, 4.69) is 15.1 Å². The van der Waals surface area contributed by atoms with Crippen molar-refractivity contribution >= 4 is 11.8 Å². The van der Waals surface area contributed by atoms with Gasteiger partial charge in [-0.15, -0.1) is 0 Å². The van der Waals surface area contributed by atoms with Crippen LogP contribution in [0.15, 0.2) is 6.07 Å². The van der Waals surface area contributed by atoms with Gasteiger partial charge < -0.3 is 19.5 Å². The average molecular weight is 325 g/mol. The molecule has 1 fully saturated rings. The molecule has 23 heavy (non-hydrogen) atoms. The van der Waals surface area contributed by atoms with Gasteiger partial charge >= 0.3 is 5.97 Å². The second-order valence-electron chi connectivity index (χ2n) is 6.41. The number of carbonyl (C=O) groups is 1. The molecule has 1 atom stereocenters. The minimum Gasteiger partial charge on any atom is -0.481 e. The number of carboxylic acids is 1. The van der Waals surface area contributed by atoms with E-state index in [1.54, 1.807) is 14.2 Å². The smallest absolute Gasteiger partial charge is 0.312 e. The lowest BCUT2D eigenvalue weighted by Gasteiger charge is -2.34. The number of carboxylic acid groups (broad SMARTS) is 1. The molecule has 7 heteroatoms. The molecule has 2 heterocycles. The molecule has 0 aliphatic carbocycles. The van der Waals surface area contributed by atoms with Crippen molar-refractivity contribution in [3.8, 4) is 0 Å². The zero-order valence-electron chi connectivity index (χ0n) is 14.3. The molecular formula is C16H27N3O4. The Labute approximate surface area is 137 Å². The van der Waals surface area contributed by atoms with Crippen LogP contribution in [0.1, 0.15) is 38.3 Å². The lowest BCUT2D eigenvalue weighted by atomic mass is 9.92. The molecule has 1 saturated heterocycles. The summed E-state index contributed by atoms with van der Waals surface area (Å²) in [4.78, 5) is 13.6. The Balaban J connectivity index is 2.01. The van der Waals surface area contributed by atoms with Crippen molar-refractivity contribution in [2.45, 2.75) is 38.9 Å². The van der Waals surface area contributed by atoms with Gasteiger partial charge in [-0.1, -0.05) is 13.8 Å². The normalized spacial score (nSPS) is 17.9. The molecule has 2 rings (SSSR count). The first-order chi connectivity index (χ1) is 11.0. The van der Waals surface area contributed by atoms with Crippen LogP contribution in [0.3, 0.4) is 0 Å². The molecule has 0 spiro atoms. The number of aliphatic carboxylic acids is 1. The molecule has 1 aromatic rings. The number of piperidine rings is 1. The summed E-state index contributed by atoms with van der Waals surface area (Å²) in [5, 5.41) is 16.6. The fraction of sp³-hybridized carbons (Fsp3) is 0.750. The molecule has 0 radical (unpaired) electrons. The average Bonchev–Trinajstić information content (AvgIpc) is 2.98. The Morgan fingerprint density at radius 1 is 1.35 bits per heavy atom. The Bertz CT molecular complexity index is 505. The maximum absolute atomic E-state index is 11.4. The Hall–Kier alpha value is -1.60. The van der Waals surface area contributed by atoms with Crippen LogP contribution in [0.5, 0.6) is 0 Å². The number of aromatic amines is 1. The summed E-state index contributed by atoms with van der Waals surface area (Å²) in [7, 11) is 3.33. The predicted octanol–water partition coefficient (Wildman–Crippen LogP) is 2.07. The van der Waals surface area contributed by atoms with E-state index >= 15 is 0 Å². The highest BCUT2D eigenvalue weighted by atomic mass is 16.7. The molecule has 2 N–H and O–H groups in total. The molecular weight excluding hydrogens is 298 g/mol. The van der Waals surface area contributed by atoms with Gasteiger partial charge in [0.1, 0.15) is 5.92 Å². The quantitative estimate of drug-likeness (QED) is 0.746. The summed E-state index contributed by atoms with van der Waals surface area (Å²) in [6.07, 6.45) is 1.76. The number of hydrogen-bond donors (Lipinski definition) is 2. The molecule has 7 nitrogen and oxygen atoms in total. The van der Waals surface area contributed by atoms with Gasteiger partial charge in [0.05, 0.1) is 5.69 Å². The van der Waals surface area contributed by atoms with Crippen molar-refractivity contribution in [3.63, 3.8) is 0 Å². The largest absolute Gasteiger partial charge is 0.481 e. The molecule has 1 aliphatic rings. The van der Waals surface area contributed by atoms with Crippen LogP contribution < -0.4 is 4.90 Å². The van der Waals surface area contributed by atoms with E-state index in [0.29, 0.717) is 11.6 Å². The molecule has 0 bridgehead atoms. The zero-order valence-corrected chi connectivity index (χ0v) is 14.3. The van der Waals surface area contributed by atoms with Gasteiger partial charge in [0, 0.05) is 39.3 Å². The van der Waals surface area contributed by atoms with E-state index < -0.39 is 11.9 Å². The highest BCUT2D eigenvalue weighted by Crippen LogP contribution is 2.29. The minimum absolute atomic E-state index is 0.00991. The van der Waals surface area contributed by atoms with Crippen LogP contribution in [0.4, 0.5) is 5.82 Å². The van der Waals surface area contributed by atoms with Crippen LogP contribution in [0, 0.1) is 11.8 Å². The highest BCUT2D eigenvalue weighted by molar-refractivity contribution is 5.76. The van der Waals surface area contributed by atoms with Gasteiger partial charge in [0.15, 0.2) is 12.1 Å². The number of methoxy groups -OCH3 is 2. The Morgan fingerprint density at radius 3 is 2.43 bits per heavy atom. The number of nitrogens with zero attached hydrogens (tertiary/aromatic N) is 2. The van der Waals surface area contributed by atoms with Gasteiger partial charge in [-0.2, -0.15) is 5.10 Å². The summed E-state index contributed by atoms with van der Waals surface area (Å²) >= 11 is 0. The van der Waals surface area contributed by atoms with Crippen LogP contribution in [-0.2, 0) is 14.3 Å². The molecule has 0 saturated carbocycles. The number of ether oxygens (including phenoxy) is 2. The molecule has 0 amide bonds. The first-order valence-corrected chi connectivity index (χ1v) is 8.06. The maximum atomic E-state index is 11.4. The summed E-state index contributed by atoms with van der Waals surface area (Å²) in [5.74, 6) is -0.174. The van der Waals surface area contributed by atoms with E-state index in [-0.39, 0.29) is 12.2 Å². The van der Waals surface area contributed by atoms with Gasteiger partial charge in [0.25, 0.3) is 0 Å². The van der Waals surface area contributed by atoms with Gasteiger partial charge in [-0.3, -0.25) is 9.89 Å². The van der Waals surface area contributed by atoms with Crippen LogP contribution in [0.2, 0.25) is 0 Å². The van der Waals surface area contributed by atoms with Crippen molar-refractivity contribution in [2.75, 3.05) is 32.2 Å². The van der Waals surface area contributed by atoms with Crippen molar-refractivity contribution in [2.24, 2.45) is 11.8 Å². The summed E-state index contributed by atoms with van der Waals surface area (Å²) in [5.41, 5.74) is 0.663. The summed E-state index contributed by atoms with van der Waals surface area (Å²) < 4.78 is 10.7. The van der Waals surface area contributed by atoms with E-state index in [4.69, 9.17) is 9.47 Å². The second kappa shape index (κ2) is 7.79. The maximum Gasteiger partial charge on any atom is 0.312 e. The van der Waals surface area contributed by atoms with E-state index in [1.807, 2.05) is 19.9 Å². The van der Waals surface area contributed by atoms with E-state index in [9.17, 15) is 9.90 Å². The van der Waals surface area contributed by atoms with Crippen LogP contribution in [-0.4, -0.2) is 54.9 Å². The van der Waals surface area contributed by atoms with Crippen molar-refractivity contribution in [1.82, 2.24) is 10.2 Å². The fourth-order valence-corrected chi connectivity index (χ4v) is 3.31. The zero-order chi connectivity index (χ0) is 17.0. The summed E-state index contributed by atoms with van der Waals surface area (Å²) in [6, 6.07) is 1.86. The lowest BCUT2D eigenvalue weighted by molar-refractivity contribution is -0.141. The third-order valence-electron chi connectivity index (χ3n) is 4.57. The number of anilines is 1. The lowest BCUT2D eigenvalue weighted by Crippen LogP contribution is -2.39. The second-order valence-corrected chi connectivity index (χ2v) is 6.41. The number of hydrogen-bond acceptors (Lipinski definition) is 5.